The fraction of sp³-hybridized carbons (Fsp3) is 0.346. The number of aromatic nitrogens is 6. The summed E-state index contributed by atoms with van der Waals surface area (Å²) in [5.41, 5.74) is 12.8. The number of imidazole rings is 1. The van der Waals surface area contributed by atoms with E-state index in [-0.39, 0.29) is 23.6 Å². The monoisotopic (exact) mass is 1220 g/mol. The van der Waals surface area contributed by atoms with Crippen molar-refractivity contribution in [3.05, 3.63) is 162 Å². The van der Waals surface area contributed by atoms with Crippen LogP contribution >= 0.6 is 0 Å². The zero-order valence-corrected chi connectivity index (χ0v) is 53.6. The van der Waals surface area contributed by atoms with E-state index in [0.29, 0.717) is 51.9 Å². The zero-order valence-electron chi connectivity index (χ0n) is 53.6. The van der Waals surface area contributed by atoms with Crippen molar-refractivity contribution in [2.75, 3.05) is 21.3 Å². The first-order chi connectivity index (χ1) is 44.7. The Bertz CT molecular complexity index is 4290. The summed E-state index contributed by atoms with van der Waals surface area (Å²) in [6.45, 7) is 9.13. The van der Waals surface area contributed by atoms with Crippen molar-refractivity contribution in [2.45, 2.75) is 156 Å². The molecule has 5 aliphatic rings. The molecular weight excluding hydrogens is 1140 g/mol. The maximum atomic E-state index is 14.6. The Morgan fingerprint density at radius 3 is 1.08 bits per heavy atom. The van der Waals surface area contributed by atoms with Crippen LogP contribution in [0.25, 0.3) is 90.9 Å². The molecule has 3 aliphatic carbocycles. The van der Waals surface area contributed by atoms with Crippen molar-refractivity contribution >= 4 is 92.7 Å². The molecule has 6 heterocycles. The molecule has 0 radical (unpaired) electrons. The molecule has 0 spiro atoms. The molecular formula is C78H84N10O4. The van der Waals surface area contributed by atoms with Crippen molar-refractivity contribution in [3.63, 3.8) is 0 Å². The molecule has 13 rings (SSSR count). The van der Waals surface area contributed by atoms with Gasteiger partial charge in [-0.25, -0.2) is 15.0 Å². The first-order valence-electron chi connectivity index (χ1n) is 33.5. The molecule has 0 atom stereocenters. The molecule has 4 aromatic carbocycles. The summed E-state index contributed by atoms with van der Waals surface area (Å²) in [5.74, 6) is 0.892. The van der Waals surface area contributed by atoms with Crippen LogP contribution in [-0.2, 0) is 25.7 Å². The summed E-state index contributed by atoms with van der Waals surface area (Å²) < 4.78 is 2.14. The lowest BCUT2D eigenvalue weighted by Crippen LogP contribution is -2.35. The molecule has 470 valence electrons. The molecule has 4 amide bonds. The Hall–Kier alpha value is -9.43. The van der Waals surface area contributed by atoms with Gasteiger partial charge in [0.1, 0.15) is 5.82 Å². The average molecular weight is 1230 g/mol. The summed E-state index contributed by atoms with van der Waals surface area (Å²) in [5, 5.41) is 13.6. The minimum absolute atomic E-state index is 0.000327. The van der Waals surface area contributed by atoms with Crippen molar-refractivity contribution in [3.8, 4) is 44.5 Å². The first-order valence-corrected chi connectivity index (χ1v) is 33.5. The molecule has 3 fully saturated rings. The highest BCUT2D eigenvalue weighted by Gasteiger charge is 2.38. The van der Waals surface area contributed by atoms with E-state index < -0.39 is 16.2 Å². The third kappa shape index (κ3) is 12.7. The number of para-hydroxylation sites is 4. The number of nitrogens with one attached hydrogen (secondary N) is 6. The summed E-state index contributed by atoms with van der Waals surface area (Å²) >= 11 is 0. The van der Waals surface area contributed by atoms with Gasteiger partial charge >= 0.3 is 0 Å². The van der Waals surface area contributed by atoms with Gasteiger partial charge in [0.05, 0.1) is 22.8 Å². The van der Waals surface area contributed by atoms with Crippen molar-refractivity contribution in [1.29, 1.82) is 0 Å². The lowest BCUT2D eigenvalue weighted by molar-refractivity contribution is -0.127. The highest BCUT2D eigenvalue weighted by molar-refractivity contribution is 6.08. The Morgan fingerprint density at radius 2 is 0.750 bits per heavy atom. The minimum atomic E-state index is -0.517. The van der Waals surface area contributed by atoms with Crippen LogP contribution in [-0.4, -0.2) is 53.1 Å². The Morgan fingerprint density at radius 1 is 0.424 bits per heavy atom. The summed E-state index contributed by atoms with van der Waals surface area (Å²) in [7, 11) is 0. The summed E-state index contributed by atoms with van der Waals surface area (Å²) in [6.07, 6.45) is 29.2. The van der Waals surface area contributed by atoms with Gasteiger partial charge in [0.2, 0.25) is 23.6 Å². The molecule has 8 aromatic rings. The van der Waals surface area contributed by atoms with Crippen LogP contribution in [0.4, 0.5) is 22.7 Å². The van der Waals surface area contributed by atoms with Crippen LogP contribution in [0.5, 0.6) is 0 Å². The smallest absolute Gasteiger partial charge is 0.230 e. The molecule has 3 saturated carbocycles. The van der Waals surface area contributed by atoms with Crippen molar-refractivity contribution < 1.29 is 19.2 Å². The van der Waals surface area contributed by atoms with E-state index in [1.165, 1.54) is 0 Å². The molecule has 0 saturated heterocycles. The number of benzene rings is 4. The van der Waals surface area contributed by atoms with Gasteiger partial charge < -0.3 is 35.8 Å². The second-order valence-corrected chi connectivity index (χ2v) is 26.9. The van der Waals surface area contributed by atoms with E-state index in [4.69, 9.17) is 9.97 Å². The van der Waals surface area contributed by atoms with E-state index >= 15 is 0 Å². The van der Waals surface area contributed by atoms with Gasteiger partial charge in [0.25, 0.3) is 0 Å². The van der Waals surface area contributed by atoms with Crippen molar-refractivity contribution in [2.24, 2.45) is 16.2 Å². The number of hydrogen-bond donors (Lipinski definition) is 6. The third-order valence-corrected chi connectivity index (χ3v) is 20.3. The minimum Gasteiger partial charge on any atom is -0.354 e. The van der Waals surface area contributed by atoms with Crippen LogP contribution in [0.15, 0.2) is 134 Å². The average Bonchev–Trinajstić information content (AvgIpc) is 2.13. The van der Waals surface area contributed by atoms with E-state index in [9.17, 15) is 19.2 Å². The van der Waals surface area contributed by atoms with Crippen molar-refractivity contribution in [1.82, 2.24) is 29.5 Å². The fourth-order valence-corrected chi connectivity index (χ4v) is 14.7. The lowest BCUT2D eigenvalue weighted by atomic mass is 9.75. The van der Waals surface area contributed by atoms with Crippen LogP contribution < -0.4 is 21.3 Å². The lowest BCUT2D eigenvalue weighted by Gasteiger charge is -2.32. The van der Waals surface area contributed by atoms with Crippen LogP contribution in [0.2, 0.25) is 0 Å². The number of amides is 4. The Labute approximate surface area is 539 Å². The second-order valence-electron chi connectivity index (χ2n) is 26.9. The van der Waals surface area contributed by atoms with Crippen LogP contribution in [0, 0.1) is 23.2 Å². The fourth-order valence-electron chi connectivity index (χ4n) is 14.7. The number of H-pyrrole nitrogens is 2. The zero-order chi connectivity index (χ0) is 63.4. The number of fused-ring (bicyclic) bond motifs is 8. The van der Waals surface area contributed by atoms with Crippen LogP contribution in [0.1, 0.15) is 171 Å². The number of carbonyl (C=O) groups excluding carboxylic acids is 4. The number of rotatable bonds is 17. The topological polar surface area (TPSA) is 192 Å². The van der Waals surface area contributed by atoms with E-state index in [1.807, 2.05) is 135 Å². The molecule has 6 N–H and O–H groups in total. The third-order valence-electron chi connectivity index (χ3n) is 20.3. The summed E-state index contributed by atoms with van der Waals surface area (Å²) in [4.78, 5) is 81.5. The van der Waals surface area contributed by atoms with E-state index in [1.54, 1.807) is 0 Å². The molecule has 2 aliphatic heterocycles. The molecule has 14 nitrogen and oxygen atoms in total. The van der Waals surface area contributed by atoms with Crippen LogP contribution in [0.3, 0.4) is 0 Å². The number of hydrogen-bond acceptors (Lipinski definition) is 7. The SMILES string of the molecule is Cc1nccn1CCCCCC(=O)Nc1ccccc1-c1c2nc(c(-c3ccccc3NC(=O)C3(C)CCCCC3)c3ccc([nH]3)c(-c3ccccc3NC(=O)C3(C)CCCCC3)c3nc(c(-c4ccccc4NC(=O)C4(C)CCCCC4)c4ccc1[nH]4)C=C3)C=C2. The Balaban J connectivity index is 1.05. The van der Waals surface area contributed by atoms with Gasteiger partial charge in [-0.2, -0.15) is 0 Å². The normalized spacial score (nSPS) is 16.4. The number of carbonyl (C=O) groups is 4. The number of aromatic amines is 2. The quantitative estimate of drug-likeness (QED) is 0.0489. The van der Waals surface area contributed by atoms with Gasteiger partial charge in [-0.15, -0.1) is 0 Å². The second kappa shape index (κ2) is 26.4. The maximum absolute atomic E-state index is 14.6. The van der Waals surface area contributed by atoms with Gasteiger partial charge in [-0.05, 0) is 131 Å². The van der Waals surface area contributed by atoms with Gasteiger partial charge in [0, 0.05) is 131 Å². The highest BCUT2D eigenvalue weighted by atomic mass is 16.2. The molecule has 14 heteroatoms. The number of anilines is 4. The predicted octanol–water partition coefficient (Wildman–Crippen LogP) is 18.8. The van der Waals surface area contributed by atoms with Gasteiger partial charge in [-0.3, -0.25) is 19.2 Å². The first kappa shape index (κ1) is 61.4. The maximum Gasteiger partial charge on any atom is 0.230 e. The summed E-state index contributed by atoms with van der Waals surface area (Å²) in [6, 6.07) is 40.1. The molecule has 0 unspecified atom stereocenters. The Kier molecular flexibility index (Phi) is 17.6. The van der Waals surface area contributed by atoms with E-state index in [0.717, 1.165) is 195 Å². The highest BCUT2D eigenvalue weighted by Crippen LogP contribution is 2.46. The molecule has 92 heavy (non-hydrogen) atoms. The van der Waals surface area contributed by atoms with Gasteiger partial charge in [-0.1, -0.05) is 158 Å². The number of aryl methyl sites for hydroxylation is 2. The standard InChI is InChI=1S/C78H84N10O4/c1-51-79-48-50-88(51)49-24-5-9-33-68(89)84-56-29-14-10-25-52(56)69-60-34-36-62(80-60)70(53-26-11-15-30-57(53)85-73(90)76(2)42-18-6-19-43-76)64-38-40-66(82-64)72(55-28-13-17-32-59(55)87-75(92)78(4)46-22-8-23-47-78)67-41-39-65(83-67)71(63-37-35-61(69)81-63)54-27-12-16-31-58(54)86-74(91)77(3)44-20-7-21-45-77/h10-17,25-32,34-41,48,50,80,83H,5-9,18-24,33,42-47,49H2,1-4H3,(H,84,89)(H,85,90)(H,86,91)(H,87,92). The van der Waals surface area contributed by atoms with E-state index in [2.05, 4.69) is 91.9 Å². The number of nitrogens with zero attached hydrogens (tertiary/aromatic N) is 4. The van der Waals surface area contributed by atoms with Gasteiger partial charge in [0.15, 0.2) is 0 Å². The largest absolute Gasteiger partial charge is 0.354 e. The molecule has 4 aromatic heterocycles. The number of unbranched alkanes of at least 4 members (excludes halogenated alkanes) is 2. The predicted molar refractivity (Wildman–Crippen MR) is 374 cm³/mol. The molecule has 8 bridgehead atoms.